The van der Waals surface area contributed by atoms with Gasteiger partial charge in [0.15, 0.2) is 5.75 Å². The topological polar surface area (TPSA) is 81.6 Å². The van der Waals surface area contributed by atoms with E-state index in [1.165, 1.54) is 18.4 Å². The van der Waals surface area contributed by atoms with Gasteiger partial charge in [0.2, 0.25) is 0 Å². The zero-order chi connectivity index (χ0) is 23.7. The minimum atomic E-state index is -0.185. The molecule has 1 aliphatic rings. The van der Waals surface area contributed by atoms with Crippen molar-refractivity contribution in [3.63, 3.8) is 0 Å². The summed E-state index contributed by atoms with van der Waals surface area (Å²) < 4.78 is 13.5. The Bertz CT molecular complexity index is 1400. The van der Waals surface area contributed by atoms with Crippen LogP contribution in [0.3, 0.4) is 0 Å². The molecule has 0 unspecified atom stereocenters. The molecule has 2 aromatic carbocycles. The molecule has 0 spiro atoms. The highest BCUT2D eigenvalue weighted by molar-refractivity contribution is 7.22. The molecule has 1 aliphatic heterocycles. The van der Waals surface area contributed by atoms with Gasteiger partial charge >= 0.3 is 0 Å². The van der Waals surface area contributed by atoms with Crippen molar-refractivity contribution in [3.8, 4) is 11.5 Å². The van der Waals surface area contributed by atoms with E-state index in [2.05, 4.69) is 10.6 Å². The van der Waals surface area contributed by atoms with Gasteiger partial charge in [-0.15, -0.1) is 11.3 Å². The fourth-order valence-electron chi connectivity index (χ4n) is 4.58. The number of thiophene rings is 1. The molecule has 34 heavy (non-hydrogen) atoms. The lowest BCUT2D eigenvalue weighted by Crippen LogP contribution is -2.42. The maximum atomic E-state index is 13.8. The first-order chi connectivity index (χ1) is 16.6. The van der Waals surface area contributed by atoms with E-state index in [0.717, 1.165) is 52.8 Å². The average molecular weight is 478 g/mol. The number of amides is 1. The Morgan fingerprint density at radius 3 is 2.53 bits per heavy atom. The molecule has 1 amide bonds. The lowest BCUT2D eigenvalue weighted by Gasteiger charge is -2.23. The highest BCUT2D eigenvalue weighted by Gasteiger charge is 2.26. The molecule has 7 nitrogen and oxygen atoms in total. The molecule has 5 rings (SSSR count). The van der Waals surface area contributed by atoms with Gasteiger partial charge in [-0.25, -0.2) is 0 Å². The number of carbonyl (C=O) groups is 1. The molecule has 2 N–H and O–H groups in total. The number of piperidine rings is 1. The van der Waals surface area contributed by atoms with E-state index in [4.69, 9.17) is 9.47 Å². The number of fused-ring (bicyclic) bond motifs is 3. The first-order valence-corrected chi connectivity index (χ1v) is 12.2. The Labute approximate surface area is 201 Å². The predicted molar refractivity (Wildman–Crippen MR) is 136 cm³/mol. The monoisotopic (exact) mass is 477 g/mol. The summed E-state index contributed by atoms with van der Waals surface area (Å²) >= 11 is 1.33. The molecule has 1 saturated heterocycles. The molecule has 4 aromatic rings. The summed E-state index contributed by atoms with van der Waals surface area (Å²) in [5.74, 6) is 0.932. The number of nitrogens with zero attached hydrogens (tertiary/aromatic N) is 1. The average Bonchev–Trinajstić information content (AvgIpc) is 3.28. The van der Waals surface area contributed by atoms with Gasteiger partial charge in [-0.05, 0) is 49.7 Å². The Balaban J connectivity index is 1.64. The number of methoxy groups -OCH3 is 2. The van der Waals surface area contributed by atoms with Crippen LogP contribution in [-0.4, -0.2) is 43.8 Å². The van der Waals surface area contributed by atoms with E-state index in [9.17, 15) is 9.59 Å². The lowest BCUT2D eigenvalue weighted by atomic mass is 10.1. The van der Waals surface area contributed by atoms with E-state index in [0.29, 0.717) is 22.6 Å². The Morgan fingerprint density at radius 1 is 1.09 bits per heavy atom. The zero-order valence-electron chi connectivity index (χ0n) is 19.2. The van der Waals surface area contributed by atoms with Crippen LogP contribution < -0.4 is 25.7 Å². The first-order valence-electron chi connectivity index (χ1n) is 11.4. The van der Waals surface area contributed by atoms with Crippen molar-refractivity contribution >= 4 is 38.2 Å². The number of nitrogens with one attached hydrogen (secondary N) is 2. The fraction of sp³-hybridized carbons (Fsp3) is 0.308. The van der Waals surface area contributed by atoms with Crippen LogP contribution in [0.25, 0.3) is 21.0 Å². The molecular formula is C26H27N3O4S. The van der Waals surface area contributed by atoms with Gasteiger partial charge in [0.25, 0.3) is 11.5 Å². The van der Waals surface area contributed by atoms with Crippen LogP contribution in [-0.2, 0) is 6.54 Å². The third kappa shape index (κ3) is 4.03. The largest absolute Gasteiger partial charge is 0.497 e. The zero-order valence-corrected chi connectivity index (χ0v) is 20.0. The van der Waals surface area contributed by atoms with Crippen LogP contribution in [0.15, 0.2) is 53.3 Å². The van der Waals surface area contributed by atoms with Crippen LogP contribution in [0, 0.1) is 0 Å². The number of hydrogen-bond donors (Lipinski definition) is 2. The summed E-state index contributed by atoms with van der Waals surface area (Å²) in [6.45, 7) is 2.17. The van der Waals surface area contributed by atoms with E-state index in [1.807, 2.05) is 48.5 Å². The second-order valence-electron chi connectivity index (χ2n) is 8.42. The van der Waals surface area contributed by atoms with Gasteiger partial charge in [0, 0.05) is 11.4 Å². The quantitative estimate of drug-likeness (QED) is 0.442. The van der Waals surface area contributed by atoms with E-state index >= 15 is 0 Å². The molecule has 3 heterocycles. The van der Waals surface area contributed by atoms with Crippen molar-refractivity contribution in [2.24, 2.45) is 0 Å². The number of carbonyl (C=O) groups excluding carboxylic acids is 1. The van der Waals surface area contributed by atoms with Gasteiger partial charge in [-0.3, -0.25) is 9.59 Å². The SMILES string of the molecule is COc1ccc(Cn2c(=O)c3c(OC)c(C(=O)NC4CCNCC4)sc3c3ccccc32)cc1. The van der Waals surface area contributed by atoms with Crippen LogP contribution in [0.2, 0.25) is 0 Å². The van der Waals surface area contributed by atoms with E-state index in [-0.39, 0.29) is 17.5 Å². The molecule has 8 heteroatoms. The minimum Gasteiger partial charge on any atom is -0.497 e. The molecule has 0 bridgehead atoms. The van der Waals surface area contributed by atoms with Crippen molar-refractivity contribution < 1.29 is 14.3 Å². The summed E-state index contributed by atoms with van der Waals surface area (Å²) in [4.78, 5) is 27.5. The van der Waals surface area contributed by atoms with Gasteiger partial charge in [0.05, 0.1) is 31.0 Å². The second-order valence-corrected chi connectivity index (χ2v) is 9.44. The molecule has 2 aromatic heterocycles. The molecule has 0 aliphatic carbocycles. The summed E-state index contributed by atoms with van der Waals surface area (Å²) in [6, 6.07) is 15.6. The van der Waals surface area contributed by atoms with Crippen molar-refractivity contribution in [2.75, 3.05) is 27.3 Å². The van der Waals surface area contributed by atoms with E-state index in [1.54, 1.807) is 11.7 Å². The highest BCUT2D eigenvalue weighted by Crippen LogP contribution is 2.39. The molecule has 0 radical (unpaired) electrons. The second kappa shape index (κ2) is 9.48. The summed E-state index contributed by atoms with van der Waals surface area (Å²) in [7, 11) is 3.15. The number of benzene rings is 2. The third-order valence-corrected chi connectivity index (χ3v) is 7.55. The normalized spacial score (nSPS) is 14.4. The molecule has 0 saturated carbocycles. The summed E-state index contributed by atoms with van der Waals surface area (Å²) in [6.07, 6.45) is 1.77. The maximum absolute atomic E-state index is 13.8. The standard InChI is InChI=1S/C26H27N3O4S/c1-32-18-9-7-16(8-10-18)15-29-20-6-4-3-5-19(20)23-21(26(29)31)22(33-2)24(34-23)25(30)28-17-11-13-27-14-12-17/h3-10,17,27H,11-15H2,1-2H3,(H,28,30). The highest BCUT2D eigenvalue weighted by atomic mass is 32.1. The third-order valence-electron chi connectivity index (χ3n) is 6.35. The van der Waals surface area contributed by atoms with Gasteiger partial charge in [-0.2, -0.15) is 0 Å². The maximum Gasteiger partial charge on any atom is 0.265 e. The molecule has 1 fully saturated rings. The Hall–Kier alpha value is -3.36. The van der Waals surface area contributed by atoms with Crippen LogP contribution in [0.1, 0.15) is 28.1 Å². The number of para-hydroxylation sites is 1. The minimum absolute atomic E-state index is 0.118. The first kappa shape index (κ1) is 22.4. The number of rotatable bonds is 6. The van der Waals surface area contributed by atoms with Crippen LogP contribution in [0.4, 0.5) is 0 Å². The lowest BCUT2D eigenvalue weighted by molar-refractivity contribution is 0.0931. The van der Waals surface area contributed by atoms with Gasteiger partial charge in [0.1, 0.15) is 16.0 Å². The summed E-state index contributed by atoms with van der Waals surface area (Å²) in [5.41, 5.74) is 1.63. The fourth-order valence-corrected chi connectivity index (χ4v) is 5.78. The molecule has 176 valence electrons. The number of hydrogen-bond acceptors (Lipinski definition) is 6. The smallest absolute Gasteiger partial charge is 0.265 e. The molecular weight excluding hydrogens is 450 g/mol. The van der Waals surface area contributed by atoms with Gasteiger partial charge < -0.3 is 24.7 Å². The Kier molecular flexibility index (Phi) is 6.26. The number of pyridine rings is 1. The predicted octanol–water partition coefficient (Wildman–Crippen LogP) is 3.76. The van der Waals surface area contributed by atoms with Crippen LogP contribution >= 0.6 is 11.3 Å². The molecule has 0 atom stereocenters. The van der Waals surface area contributed by atoms with Crippen molar-refractivity contribution in [2.45, 2.75) is 25.4 Å². The summed E-state index contributed by atoms with van der Waals surface area (Å²) in [5, 5.41) is 7.82. The van der Waals surface area contributed by atoms with Crippen LogP contribution in [0.5, 0.6) is 11.5 Å². The van der Waals surface area contributed by atoms with Crippen molar-refractivity contribution in [1.82, 2.24) is 15.2 Å². The van der Waals surface area contributed by atoms with E-state index < -0.39 is 0 Å². The number of aromatic nitrogens is 1. The van der Waals surface area contributed by atoms with Gasteiger partial charge in [-0.1, -0.05) is 30.3 Å². The van der Waals surface area contributed by atoms with Crippen molar-refractivity contribution in [1.29, 1.82) is 0 Å². The van der Waals surface area contributed by atoms with Crippen molar-refractivity contribution in [3.05, 3.63) is 69.3 Å². The Morgan fingerprint density at radius 2 is 1.82 bits per heavy atom. The number of ether oxygens (including phenoxy) is 2.